The molecule has 1 aliphatic carbocycles. The fraction of sp³-hybridized carbons (Fsp3) is 0.455. The van der Waals surface area contributed by atoms with Crippen LogP contribution in [0.25, 0.3) is 11.1 Å². The third-order valence-electron chi connectivity index (χ3n) is 5.17. The van der Waals surface area contributed by atoms with Crippen LogP contribution in [0.1, 0.15) is 44.9 Å². The first-order valence-corrected chi connectivity index (χ1v) is 9.87. The summed E-state index contributed by atoms with van der Waals surface area (Å²) < 4.78 is 6.58. The molecule has 2 aromatic carbocycles. The van der Waals surface area contributed by atoms with Crippen LogP contribution < -0.4 is 10.5 Å². The van der Waals surface area contributed by atoms with Gasteiger partial charge in [-0.05, 0) is 61.9 Å². The second kappa shape index (κ2) is 10.8. The van der Waals surface area contributed by atoms with Crippen molar-refractivity contribution >= 4 is 24.0 Å². The van der Waals surface area contributed by atoms with Crippen molar-refractivity contribution in [2.24, 2.45) is 11.7 Å². The number of halogens is 2. The molecule has 3 rings (SSSR count). The maximum atomic E-state index is 6.58. The van der Waals surface area contributed by atoms with Gasteiger partial charge in [0.25, 0.3) is 0 Å². The van der Waals surface area contributed by atoms with Gasteiger partial charge in [-0.25, -0.2) is 0 Å². The molecule has 2 N–H and O–H groups in total. The molecule has 142 valence electrons. The van der Waals surface area contributed by atoms with Crippen molar-refractivity contribution in [3.8, 4) is 16.9 Å². The minimum absolute atomic E-state index is 0. The van der Waals surface area contributed by atoms with E-state index in [0.717, 1.165) is 41.3 Å². The lowest BCUT2D eigenvalue weighted by atomic mass is 9.83. The number of benzene rings is 2. The van der Waals surface area contributed by atoms with Gasteiger partial charge in [0.1, 0.15) is 11.9 Å². The van der Waals surface area contributed by atoms with Gasteiger partial charge in [-0.2, -0.15) is 0 Å². The van der Waals surface area contributed by atoms with Gasteiger partial charge in [-0.3, -0.25) is 0 Å². The van der Waals surface area contributed by atoms with E-state index < -0.39 is 0 Å². The van der Waals surface area contributed by atoms with Gasteiger partial charge in [-0.1, -0.05) is 61.2 Å². The molecule has 2 nitrogen and oxygen atoms in total. The predicted molar refractivity (Wildman–Crippen MR) is 113 cm³/mol. The van der Waals surface area contributed by atoms with Crippen LogP contribution in [0.3, 0.4) is 0 Å². The number of nitrogens with two attached hydrogens (primary N) is 1. The quantitative estimate of drug-likeness (QED) is 0.582. The van der Waals surface area contributed by atoms with E-state index in [1.54, 1.807) is 0 Å². The van der Waals surface area contributed by atoms with Crippen LogP contribution in [0, 0.1) is 5.92 Å². The van der Waals surface area contributed by atoms with Crippen LogP contribution in [-0.4, -0.2) is 12.6 Å². The highest BCUT2D eigenvalue weighted by atomic mass is 35.5. The predicted octanol–water partition coefficient (Wildman–Crippen LogP) is 6.50. The Morgan fingerprint density at radius 3 is 2.46 bits per heavy atom. The van der Waals surface area contributed by atoms with Crippen molar-refractivity contribution in [2.75, 3.05) is 6.54 Å². The fourth-order valence-electron chi connectivity index (χ4n) is 3.83. The summed E-state index contributed by atoms with van der Waals surface area (Å²) in [6.45, 7) is 0.721. The summed E-state index contributed by atoms with van der Waals surface area (Å²) >= 11 is 6.26. The monoisotopic (exact) mass is 393 g/mol. The number of hydrogen-bond acceptors (Lipinski definition) is 2. The Morgan fingerprint density at radius 2 is 1.77 bits per heavy atom. The molecule has 0 amide bonds. The van der Waals surface area contributed by atoms with Crippen molar-refractivity contribution in [2.45, 2.75) is 51.0 Å². The zero-order valence-electron chi connectivity index (χ0n) is 15.2. The van der Waals surface area contributed by atoms with Gasteiger partial charge in [0.15, 0.2) is 0 Å². The highest BCUT2D eigenvalue weighted by Crippen LogP contribution is 2.36. The maximum Gasteiger partial charge on any atom is 0.127 e. The average molecular weight is 394 g/mol. The molecule has 0 heterocycles. The van der Waals surface area contributed by atoms with Gasteiger partial charge in [0.2, 0.25) is 0 Å². The molecule has 0 saturated heterocycles. The Morgan fingerprint density at radius 1 is 1.04 bits per heavy atom. The maximum absolute atomic E-state index is 6.58. The molecule has 1 saturated carbocycles. The van der Waals surface area contributed by atoms with Crippen molar-refractivity contribution in [1.29, 1.82) is 0 Å². The van der Waals surface area contributed by atoms with Crippen LogP contribution in [0.15, 0.2) is 48.5 Å². The Balaban J connectivity index is 0.00000243. The Kier molecular flexibility index (Phi) is 8.77. The zero-order valence-corrected chi connectivity index (χ0v) is 16.8. The molecule has 1 atom stereocenters. The lowest BCUT2D eigenvalue weighted by molar-refractivity contribution is 0.0988. The second-order valence-electron chi connectivity index (χ2n) is 6.99. The Labute approximate surface area is 168 Å². The molecular weight excluding hydrogens is 365 g/mol. The van der Waals surface area contributed by atoms with Crippen LogP contribution in [-0.2, 0) is 0 Å². The van der Waals surface area contributed by atoms with Crippen LogP contribution in [0.4, 0.5) is 0 Å². The van der Waals surface area contributed by atoms with E-state index in [0.29, 0.717) is 5.92 Å². The smallest absolute Gasteiger partial charge is 0.127 e. The van der Waals surface area contributed by atoms with Crippen LogP contribution >= 0.6 is 24.0 Å². The molecular formula is C22H29Cl2NO. The van der Waals surface area contributed by atoms with Gasteiger partial charge in [0, 0.05) is 10.6 Å². The largest absolute Gasteiger partial charge is 0.489 e. The van der Waals surface area contributed by atoms with Crippen molar-refractivity contribution < 1.29 is 4.74 Å². The molecule has 4 heteroatoms. The Bertz CT molecular complexity index is 656. The first-order chi connectivity index (χ1) is 12.3. The van der Waals surface area contributed by atoms with E-state index in [2.05, 4.69) is 12.1 Å². The van der Waals surface area contributed by atoms with Gasteiger partial charge in [0.05, 0.1) is 0 Å². The van der Waals surface area contributed by atoms with E-state index >= 15 is 0 Å². The summed E-state index contributed by atoms with van der Waals surface area (Å²) in [6.07, 6.45) is 8.81. The summed E-state index contributed by atoms with van der Waals surface area (Å²) in [7, 11) is 0. The summed E-state index contributed by atoms with van der Waals surface area (Å²) in [6, 6.07) is 16.3. The van der Waals surface area contributed by atoms with Gasteiger partial charge in [-0.15, -0.1) is 12.4 Å². The first kappa shape index (κ1) is 21.1. The van der Waals surface area contributed by atoms with Crippen molar-refractivity contribution in [3.05, 3.63) is 53.6 Å². The summed E-state index contributed by atoms with van der Waals surface area (Å²) in [5, 5.41) is 0.738. The molecule has 1 fully saturated rings. The minimum Gasteiger partial charge on any atom is -0.489 e. The molecule has 1 unspecified atom stereocenters. The number of rotatable bonds is 7. The SMILES string of the molecule is Cl.NCCCC(Oc1ccc(Cl)cc1-c1ccccc1)C1CCCCC1. The number of ether oxygens (including phenoxy) is 1. The topological polar surface area (TPSA) is 35.2 Å². The molecule has 0 spiro atoms. The third kappa shape index (κ3) is 5.64. The van der Waals surface area contributed by atoms with Gasteiger partial charge >= 0.3 is 0 Å². The van der Waals surface area contributed by atoms with E-state index in [4.69, 9.17) is 22.1 Å². The number of hydrogen-bond donors (Lipinski definition) is 1. The average Bonchev–Trinajstić information content (AvgIpc) is 2.67. The first-order valence-electron chi connectivity index (χ1n) is 9.49. The highest BCUT2D eigenvalue weighted by Gasteiger charge is 2.25. The van der Waals surface area contributed by atoms with Crippen molar-refractivity contribution in [1.82, 2.24) is 0 Å². The van der Waals surface area contributed by atoms with Crippen LogP contribution in [0.2, 0.25) is 5.02 Å². The minimum atomic E-state index is 0. The van der Waals surface area contributed by atoms with E-state index in [9.17, 15) is 0 Å². The molecule has 0 aromatic heterocycles. The standard InChI is InChI=1S/C22H28ClNO.ClH/c23-19-13-14-22(20(16-19)17-8-3-1-4-9-17)25-21(12-7-15-24)18-10-5-2-6-11-18;/h1,3-4,8-9,13-14,16,18,21H,2,5-7,10-12,15,24H2;1H. The van der Waals surface area contributed by atoms with E-state index in [-0.39, 0.29) is 18.5 Å². The van der Waals surface area contributed by atoms with Crippen molar-refractivity contribution in [3.63, 3.8) is 0 Å². The summed E-state index contributed by atoms with van der Waals surface area (Å²) in [4.78, 5) is 0. The molecule has 0 aliphatic heterocycles. The molecule has 2 aromatic rings. The normalized spacial score (nSPS) is 15.9. The Hall–Kier alpha value is -1.22. The van der Waals surface area contributed by atoms with E-state index in [1.165, 1.54) is 32.1 Å². The summed E-state index contributed by atoms with van der Waals surface area (Å²) in [5.41, 5.74) is 7.98. The lowest BCUT2D eigenvalue weighted by Crippen LogP contribution is -2.29. The zero-order chi connectivity index (χ0) is 17.5. The second-order valence-corrected chi connectivity index (χ2v) is 7.43. The fourth-order valence-corrected chi connectivity index (χ4v) is 4.00. The molecule has 0 bridgehead atoms. The molecule has 0 radical (unpaired) electrons. The van der Waals surface area contributed by atoms with E-state index in [1.807, 2.05) is 36.4 Å². The van der Waals surface area contributed by atoms with Gasteiger partial charge < -0.3 is 10.5 Å². The molecule has 26 heavy (non-hydrogen) atoms. The van der Waals surface area contributed by atoms with Crippen LogP contribution in [0.5, 0.6) is 5.75 Å². The third-order valence-corrected chi connectivity index (χ3v) is 5.41. The highest BCUT2D eigenvalue weighted by molar-refractivity contribution is 6.31. The molecule has 1 aliphatic rings. The summed E-state index contributed by atoms with van der Waals surface area (Å²) in [5.74, 6) is 1.57. The lowest BCUT2D eigenvalue weighted by Gasteiger charge is -2.31.